The van der Waals surface area contributed by atoms with Gasteiger partial charge in [-0.15, -0.1) is 0 Å². The van der Waals surface area contributed by atoms with Crippen molar-refractivity contribution in [1.82, 2.24) is 10.3 Å². The summed E-state index contributed by atoms with van der Waals surface area (Å²) in [5.74, 6) is 2.14. The molecule has 98 valence electrons. The van der Waals surface area contributed by atoms with Crippen molar-refractivity contribution >= 4 is 0 Å². The quantitative estimate of drug-likeness (QED) is 0.796. The highest BCUT2D eigenvalue weighted by Crippen LogP contribution is 2.28. The number of ether oxygens (including phenoxy) is 1. The first-order valence-corrected chi connectivity index (χ1v) is 6.23. The summed E-state index contributed by atoms with van der Waals surface area (Å²) in [7, 11) is 1.70. The molecule has 0 bridgehead atoms. The van der Waals surface area contributed by atoms with Crippen molar-refractivity contribution in [1.29, 1.82) is 0 Å². The van der Waals surface area contributed by atoms with E-state index in [9.17, 15) is 0 Å². The van der Waals surface area contributed by atoms with E-state index in [2.05, 4.69) is 31.1 Å². The van der Waals surface area contributed by atoms with Gasteiger partial charge in [-0.25, -0.2) is 4.98 Å². The standard InChI is InChI=1S/C13H24N2O2/c1-6-13(4,16-5)11-8-15-12(17-11)9-14-7-10(2)3/h8,10,14H,6-7,9H2,1-5H3. The number of methoxy groups -OCH3 is 1. The van der Waals surface area contributed by atoms with Gasteiger partial charge in [0.25, 0.3) is 0 Å². The van der Waals surface area contributed by atoms with Crippen LogP contribution in [-0.4, -0.2) is 18.6 Å². The third kappa shape index (κ3) is 3.82. The lowest BCUT2D eigenvalue weighted by atomic mass is 10.0. The Morgan fingerprint density at radius 1 is 1.53 bits per heavy atom. The van der Waals surface area contributed by atoms with Crippen molar-refractivity contribution in [3.8, 4) is 0 Å². The van der Waals surface area contributed by atoms with Gasteiger partial charge in [0.05, 0.1) is 12.7 Å². The Hall–Kier alpha value is -0.870. The minimum atomic E-state index is -0.372. The van der Waals surface area contributed by atoms with Crippen molar-refractivity contribution in [3.63, 3.8) is 0 Å². The van der Waals surface area contributed by atoms with E-state index in [0.29, 0.717) is 12.5 Å². The SMILES string of the molecule is CCC(C)(OC)c1cnc(CNCC(C)C)o1. The monoisotopic (exact) mass is 240 g/mol. The van der Waals surface area contributed by atoms with E-state index in [-0.39, 0.29) is 5.60 Å². The number of oxazole rings is 1. The molecule has 0 aromatic carbocycles. The molecule has 1 atom stereocenters. The lowest BCUT2D eigenvalue weighted by Gasteiger charge is -2.23. The van der Waals surface area contributed by atoms with Crippen LogP contribution >= 0.6 is 0 Å². The number of nitrogens with zero attached hydrogens (tertiary/aromatic N) is 1. The van der Waals surface area contributed by atoms with Crippen LogP contribution in [0.1, 0.15) is 45.8 Å². The zero-order valence-electron chi connectivity index (χ0n) is 11.5. The van der Waals surface area contributed by atoms with E-state index >= 15 is 0 Å². The van der Waals surface area contributed by atoms with E-state index in [4.69, 9.17) is 9.15 Å². The number of nitrogens with one attached hydrogen (secondary N) is 1. The molecule has 0 radical (unpaired) electrons. The van der Waals surface area contributed by atoms with Crippen LogP contribution in [0.2, 0.25) is 0 Å². The number of rotatable bonds is 7. The first kappa shape index (κ1) is 14.2. The van der Waals surface area contributed by atoms with Gasteiger partial charge in [0.15, 0.2) is 5.76 Å². The second-order valence-corrected chi connectivity index (χ2v) is 4.93. The Bertz CT molecular complexity index is 330. The average Bonchev–Trinajstić information content (AvgIpc) is 2.77. The second kappa shape index (κ2) is 6.17. The van der Waals surface area contributed by atoms with Gasteiger partial charge in [0, 0.05) is 7.11 Å². The highest BCUT2D eigenvalue weighted by Gasteiger charge is 2.28. The molecule has 1 rings (SSSR count). The van der Waals surface area contributed by atoms with Crippen LogP contribution in [0.15, 0.2) is 10.6 Å². The van der Waals surface area contributed by atoms with Crippen LogP contribution in [0.25, 0.3) is 0 Å². The molecule has 0 fully saturated rings. The highest BCUT2D eigenvalue weighted by molar-refractivity contribution is 5.05. The largest absolute Gasteiger partial charge is 0.441 e. The van der Waals surface area contributed by atoms with E-state index in [1.807, 2.05) is 6.92 Å². The van der Waals surface area contributed by atoms with Crippen molar-refractivity contribution in [2.45, 2.75) is 46.3 Å². The first-order chi connectivity index (χ1) is 8.01. The topological polar surface area (TPSA) is 47.3 Å². The molecule has 0 spiro atoms. The maximum absolute atomic E-state index is 5.71. The number of aromatic nitrogens is 1. The summed E-state index contributed by atoms with van der Waals surface area (Å²) < 4.78 is 11.2. The van der Waals surface area contributed by atoms with Crippen LogP contribution in [0.5, 0.6) is 0 Å². The van der Waals surface area contributed by atoms with Gasteiger partial charge in [-0.3, -0.25) is 0 Å². The number of hydrogen-bond donors (Lipinski definition) is 1. The third-order valence-corrected chi connectivity index (χ3v) is 3.03. The third-order valence-electron chi connectivity index (χ3n) is 3.03. The Balaban J connectivity index is 2.59. The molecule has 1 unspecified atom stereocenters. The first-order valence-electron chi connectivity index (χ1n) is 6.23. The number of hydrogen-bond acceptors (Lipinski definition) is 4. The lowest BCUT2D eigenvalue weighted by molar-refractivity contribution is -0.0198. The van der Waals surface area contributed by atoms with E-state index in [1.165, 1.54) is 0 Å². The second-order valence-electron chi connectivity index (χ2n) is 4.93. The Morgan fingerprint density at radius 2 is 2.24 bits per heavy atom. The summed E-state index contributed by atoms with van der Waals surface area (Å²) >= 11 is 0. The fourth-order valence-corrected chi connectivity index (χ4v) is 1.52. The van der Waals surface area contributed by atoms with Crippen LogP contribution in [0, 0.1) is 5.92 Å². The molecule has 1 aromatic heterocycles. The maximum Gasteiger partial charge on any atom is 0.208 e. The Morgan fingerprint density at radius 3 is 2.76 bits per heavy atom. The van der Waals surface area contributed by atoms with Gasteiger partial charge in [-0.1, -0.05) is 20.8 Å². The Labute approximate surface area is 104 Å². The molecule has 0 aliphatic heterocycles. The van der Waals surface area contributed by atoms with Crippen molar-refractivity contribution in [2.75, 3.05) is 13.7 Å². The predicted octanol–water partition coefficient (Wildman–Crippen LogP) is 2.69. The molecule has 1 aromatic rings. The summed E-state index contributed by atoms with van der Waals surface area (Å²) in [6, 6.07) is 0. The molecule has 1 N–H and O–H groups in total. The molecular formula is C13H24N2O2. The van der Waals surface area contributed by atoms with Gasteiger partial charge in [0.1, 0.15) is 5.60 Å². The van der Waals surface area contributed by atoms with E-state index in [0.717, 1.165) is 24.6 Å². The normalized spacial score (nSPS) is 15.2. The van der Waals surface area contributed by atoms with Crippen LogP contribution < -0.4 is 5.32 Å². The van der Waals surface area contributed by atoms with Gasteiger partial charge in [-0.05, 0) is 25.8 Å². The average molecular weight is 240 g/mol. The molecule has 0 aliphatic rings. The molecule has 0 saturated heterocycles. The molecule has 0 amide bonds. The molecule has 0 aliphatic carbocycles. The van der Waals surface area contributed by atoms with Crippen LogP contribution in [-0.2, 0) is 16.9 Å². The summed E-state index contributed by atoms with van der Waals surface area (Å²) in [6.07, 6.45) is 2.62. The van der Waals surface area contributed by atoms with Crippen molar-refractivity contribution < 1.29 is 9.15 Å². The zero-order chi connectivity index (χ0) is 12.9. The molecule has 4 nitrogen and oxygen atoms in total. The molecular weight excluding hydrogens is 216 g/mol. The Kier molecular flexibility index (Phi) is 5.15. The minimum absolute atomic E-state index is 0.372. The van der Waals surface area contributed by atoms with Crippen molar-refractivity contribution in [2.24, 2.45) is 5.92 Å². The van der Waals surface area contributed by atoms with E-state index in [1.54, 1.807) is 13.3 Å². The minimum Gasteiger partial charge on any atom is -0.441 e. The van der Waals surface area contributed by atoms with E-state index < -0.39 is 0 Å². The fourth-order valence-electron chi connectivity index (χ4n) is 1.52. The van der Waals surface area contributed by atoms with Gasteiger partial charge in [0.2, 0.25) is 5.89 Å². The van der Waals surface area contributed by atoms with Crippen LogP contribution in [0.3, 0.4) is 0 Å². The molecule has 4 heteroatoms. The molecule has 17 heavy (non-hydrogen) atoms. The van der Waals surface area contributed by atoms with Crippen LogP contribution in [0.4, 0.5) is 0 Å². The van der Waals surface area contributed by atoms with Crippen molar-refractivity contribution in [3.05, 3.63) is 17.8 Å². The predicted molar refractivity (Wildman–Crippen MR) is 67.7 cm³/mol. The molecule has 0 saturated carbocycles. The summed E-state index contributed by atoms with van der Waals surface area (Å²) in [5, 5.41) is 3.30. The summed E-state index contributed by atoms with van der Waals surface area (Å²) in [5.41, 5.74) is -0.372. The smallest absolute Gasteiger partial charge is 0.208 e. The fraction of sp³-hybridized carbons (Fsp3) is 0.769. The maximum atomic E-state index is 5.71. The zero-order valence-corrected chi connectivity index (χ0v) is 11.5. The van der Waals surface area contributed by atoms with Gasteiger partial charge in [-0.2, -0.15) is 0 Å². The molecule has 1 heterocycles. The summed E-state index contributed by atoms with van der Waals surface area (Å²) in [6.45, 7) is 10.1. The lowest BCUT2D eigenvalue weighted by Crippen LogP contribution is -2.22. The van der Waals surface area contributed by atoms with Gasteiger partial charge >= 0.3 is 0 Å². The summed E-state index contributed by atoms with van der Waals surface area (Å²) in [4.78, 5) is 4.27. The van der Waals surface area contributed by atoms with Gasteiger partial charge < -0.3 is 14.5 Å². The highest BCUT2D eigenvalue weighted by atomic mass is 16.5.